The minimum atomic E-state index is 0.636. The van der Waals surface area contributed by atoms with Crippen molar-refractivity contribution in [1.82, 2.24) is 9.97 Å². The first-order chi connectivity index (χ1) is 8.36. The number of nitrogens with zero attached hydrogens (tertiary/aromatic N) is 2. The molecule has 0 aromatic carbocycles. The maximum absolute atomic E-state index is 5.73. The molecule has 2 N–H and O–H groups in total. The van der Waals surface area contributed by atoms with Crippen LogP contribution in [0.15, 0.2) is 18.3 Å². The first-order valence-corrected chi connectivity index (χ1v) is 7.10. The lowest BCUT2D eigenvalue weighted by Gasteiger charge is -2.26. The van der Waals surface area contributed by atoms with E-state index in [2.05, 4.69) is 4.98 Å². The molecule has 0 aliphatic heterocycles. The van der Waals surface area contributed by atoms with Crippen LogP contribution in [0.1, 0.15) is 36.6 Å². The van der Waals surface area contributed by atoms with Gasteiger partial charge in [0.05, 0.1) is 5.01 Å². The molecule has 1 fully saturated rings. The van der Waals surface area contributed by atoms with E-state index < -0.39 is 0 Å². The van der Waals surface area contributed by atoms with Gasteiger partial charge in [-0.1, -0.05) is 11.3 Å². The SMILES string of the molecule is NCC1CCC(c2nc3cccnc3s2)CC1. The third kappa shape index (κ3) is 2.19. The zero-order chi connectivity index (χ0) is 11.7. The Balaban J connectivity index is 1.80. The Morgan fingerprint density at radius 3 is 2.82 bits per heavy atom. The van der Waals surface area contributed by atoms with Crippen molar-refractivity contribution in [2.24, 2.45) is 11.7 Å². The molecule has 0 amide bonds. The van der Waals surface area contributed by atoms with Gasteiger partial charge in [-0.3, -0.25) is 0 Å². The standard InChI is InChI=1S/C13H17N3S/c14-8-9-3-5-10(6-4-9)12-16-11-2-1-7-15-13(11)17-12/h1-2,7,9-10H,3-6,8,14H2. The molecule has 17 heavy (non-hydrogen) atoms. The molecule has 2 aromatic rings. The maximum Gasteiger partial charge on any atom is 0.143 e. The highest BCUT2D eigenvalue weighted by Gasteiger charge is 2.23. The first-order valence-electron chi connectivity index (χ1n) is 6.28. The van der Waals surface area contributed by atoms with Crippen molar-refractivity contribution in [2.45, 2.75) is 31.6 Å². The number of hydrogen-bond donors (Lipinski definition) is 1. The average Bonchev–Trinajstić information content (AvgIpc) is 2.82. The number of hydrogen-bond acceptors (Lipinski definition) is 4. The van der Waals surface area contributed by atoms with Crippen molar-refractivity contribution >= 4 is 21.7 Å². The van der Waals surface area contributed by atoms with Crippen LogP contribution in [0.3, 0.4) is 0 Å². The summed E-state index contributed by atoms with van der Waals surface area (Å²) < 4.78 is 0. The normalized spacial score (nSPS) is 25.2. The van der Waals surface area contributed by atoms with Crippen LogP contribution in [0.4, 0.5) is 0 Å². The van der Waals surface area contributed by atoms with Gasteiger partial charge in [0.2, 0.25) is 0 Å². The van der Waals surface area contributed by atoms with E-state index in [1.54, 1.807) is 11.3 Å². The predicted molar refractivity (Wildman–Crippen MR) is 71.2 cm³/mol. The van der Waals surface area contributed by atoms with Crippen molar-refractivity contribution in [3.05, 3.63) is 23.3 Å². The van der Waals surface area contributed by atoms with Gasteiger partial charge < -0.3 is 5.73 Å². The van der Waals surface area contributed by atoms with Crippen LogP contribution in [-0.4, -0.2) is 16.5 Å². The number of aromatic nitrogens is 2. The van der Waals surface area contributed by atoms with E-state index in [0.29, 0.717) is 5.92 Å². The third-order valence-electron chi connectivity index (χ3n) is 3.71. The molecule has 0 saturated heterocycles. The zero-order valence-corrected chi connectivity index (χ0v) is 10.6. The van der Waals surface area contributed by atoms with E-state index in [1.807, 2.05) is 18.3 Å². The summed E-state index contributed by atoms with van der Waals surface area (Å²) in [5, 5.41) is 1.27. The molecule has 3 rings (SSSR count). The van der Waals surface area contributed by atoms with Crippen LogP contribution < -0.4 is 5.73 Å². The molecule has 0 atom stereocenters. The van der Waals surface area contributed by atoms with E-state index in [9.17, 15) is 0 Å². The minimum Gasteiger partial charge on any atom is -0.330 e. The third-order valence-corrected chi connectivity index (χ3v) is 4.85. The van der Waals surface area contributed by atoms with Gasteiger partial charge in [0, 0.05) is 12.1 Å². The van der Waals surface area contributed by atoms with E-state index in [4.69, 9.17) is 10.7 Å². The lowest BCUT2D eigenvalue weighted by Crippen LogP contribution is -2.20. The van der Waals surface area contributed by atoms with Gasteiger partial charge >= 0.3 is 0 Å². The molecule has 1 aliphatic carbocycles. The Morgan fingerprint density at radius 1 is 1.29 bits per heavy atom. The highest BCUT2D eigenvalue weighted by Crippen LogP contribution is 2.38. The highest BCUT2D eigenvalue weighted by molar-refractivity contribution is 7.18. The molecule has 4 heteroatoms. The zero-order valence-electron chi connectivity index (χ0n) is 9.80. The highest BCUT2D eigenvalue weighted by atomic mass is 32.1. The molecule has 0 radical (unpaired) electrons. The molecule has 90 valence electrons. The number of nitrogens with two attached hydrogens (primary N) is 1. The molecule has 1 saturated carbocycles. The second kappa shape index (κ2) is 4.70. The van der Waals surface area contributed by atoms with Crippen LogP contribution in [0.25, 0.3) is 10.3 Å². The summed E-state index contributed by atoms with van der Waals surface area (Å²) in [4.78, 5) is 10.1. The van der Waals surface area contributed by atoms with Crippen molar-refractivity contribution in [3.63, 3.8) is 0 Å². The van der Waals surface area contributed by atoms with E-state index in [0.717, 1.165) is 22.8 Å². The predicted octanol–water partition coefficient (Wildman–Crippen LogP) is 2.92. The van der Waals surface area contributed by atoms with E-state index in [1.165, 1.54) is 30.7 Å². The van der Waals surface area contributed by atoms with Gasteiger partial charge in [-0.25, -0.2) is 9.97 Å². The molecule has 0 bridgehead atoms. The lowest BCUT2D eigenvalue weighted by molar-refractivity contribution is 0.332. The Bertz CT molecular complexity index is 467. The topological polar surface area (TPSA) is 51.8 Å². The van der Waals surface area contributed by atoms with Crippen LogP contribution in [0.2, 0.25) is 0 Å². The minimum absolute atomic E-state index is 0.636. The molecule has 3 nitrogen and oxygen atoms in total. The molecular formula is C13H17N3S. The largest absolute Gasteiger partial charge is 0.330 e. The van der Waals surface area contributed by atoms with Crippen LogP contribution in [-0.2, 0) is 0 Å². The molecule has 2 aromatic heterocycles. The summed E-state index contributed by atoms with van der Waals surface area (Å²) in [6.45, 7) is 0.841. The quantitative estimate of drug-likeness (QED) is 0.887. The van der Waals surface area contributed by atoms with Crippen molar-refractivity contribution in [1.29, 1.82) is 0 Å². The lowest BCUT2D eigenvalue weighted by atomic mass is 9.82. The Morgan fingerprint density at radius 2 is 2.12 bits per heavy atom. The van der Waals surface area contributed by atoms with Crippen molar-refractivity contribution in [3.8, 4) is 0 Å². The summed E-state index contributed by atoms with van der Waals surface area (Å²) in [5.41, 5.74) is 6.78. The molecule has 1 aliphatic rings. The average molecular weight is 247 g/mol. The summed E-state index contributed by atoms with van der Waals surface area (Å²) in [6, 6.07) is 4.00. The summed E-state index contributed by atoms with van der Waals surface area (Å²) in [5.74, 6) is 1.37. The molecule has 0 unspecified atom stereocenters. The number of rotatable bonds is 2. The molecule has 2 heterocycles. The van der Waals surface area contributed by atoms with E-state index in [-0.39, 0.29) is 0 Å². The second-order valence-electron chi connectivity index (χ2n) is 4.83. The van der Waals surface area contributed by atoms with Gasteiger partial charge in [0.1, 0.15) is 10.3 Å². The Labute approximate surface area is 105 Å². The maximum atomic E-state index is 5.73. The van der Waals surface area contributed by atoms with Crippen molar-refractivity contribution in [2.75, 3.05) is 6.54 Å². The van der Waals surface area contributed by atoms with Gasteiger partial charge in [0.25, 0.3) is 0 Å². The smallest absolute Gasteiger partial charge is 0.143 e. The first kappa shape index (κ1) is 11.1. The second-order valence-corrected chi connectivity index (χ2v) is 5.84. The van der Waals surface area contributed by atoms with E-state index >= 15 is 0 Å². The fourth-order valence-electron chi connectivity index (χ4n) is 2.61. The monoisotopic (exact) mass is 247 g/mol. The fraction of sp³-hybridized carbons (Fsp3) is 0.538. The fourth-order valence-corrected chi connectivity index (χ4v) is 3.68. The Kier molecular flexibility index (Phi) is 3.07. The van der Waals surface area contributed by atoms with Gasteiger partial charge in [-0.2, -0.15) is 0 Å². The number of fused-ring (bicyclic) bond motifs is 1. The van der Waals surface area contributed by atoms with Gasteiger partial charge in [-0.05, 0) is 50.3 Å². The summed E-state index contributed by atoms with van der Waals surface area (Å²) in [6.07, 6.45) is 6.83. The van der Waals surface area contributed by atoms with Crippen molar-refractivity contribution < 1.29 is 0 Å². The Hall–Kier alpha value is -1.00. The number of thiazole rings is 1. The summed E-state index contributed by atoms with van der Waals surface area (Å²) >= 11 is 1.76. The molecule has 0 spiro atoms. The van der Waals surface area contributed by atoms with Gasteiger partial charge in [-0.15, -0.1) is 0 Å². The number of pyridine rings is 1. The van der Waals surface area contributed by atoms with Crippen LogP contribution in [0, 0.1) is 5.92 Å². The molecular weight excluding hydrogens is 230 g/mol. The summed E-state index contributed by atoms with van der Waals surface area (Å²) in [7, 11) is 0. The van der Waals surface area contributed by atoms with Crippen LogP contribution >= 0.6 is 11.3 Å². The van der Waals surface area contributed by atoms with Crippen LogP contribution in [0.5, 0.6) is 0 Å². The van der Waals surface area contributed by atoms with Gasteiger partial charge in [0.15, 0.2) is 0 Å².